The van der Waals surface area contributed by atoms with E-state index in [1.54, 1.807) is 7.05 Å². The topological polar surface area (TPSA) is 225 Å². The van der Waals surface area contributed by atoms with Gasteiger partial charge in [-0.1, -0.05) is 0 Å². The first-order valence-corrected chi connectivity index (χ1v) is 9.95. The van der Waals surface area contributed by atoms with Gasteiger partial charge in [-0.05, 0) is 31.3 Å². The molecule has 0 aromatic heterocycles. The number of aliphatic hydroxyl groups is 5. The second-order valence-corrected chi connectivity index (χ2v) is 7.47. The van der Waals surface area contributed by atoms with Gasteiger partial charge in [0.05, 0.1) is 23.8 Å². The highest BCUT2D eigenvalue weighted by molar-refractivity contribution is 6.29. The number of carbonyl (C=O) groups is 3. The number of phenols is 2. The van der Waals surface area contributed by atoms with E-state index < -0.39 is 54.3 Å². The number of carboxylic acid groups (broad SMARTS) is 1. The van der Waals surface area contributed by atoms with Gasteiger partial charge in [0.1, 0.15) is 29.8 Å². The molecule has 2 aromatic rings. The summed E-state index contributed by atoms with van der Waals surface area (Å²) in [5.74, 6) is -3.27. The molecule has 0 saturated heterocycles. The number of aromatic carboxylic acids is 1. The van der Waals surface area contributed by atoms with Crippen molar-refractivity contribution in [3.63, 3.8) is 0 Å². The summed E-state index contributed by atoms with van der Waals surface area (Å²) in [4.78, 5) is 35.6. The third kappa shape index (κ3) is 5.56. The maximum Gasteiger partial charge on any atom is 0.335 e. The van der Waals surface area contributed by atoms with Crippen molar-refractivity contribution in [2.45, 2.75) is 24.4 Å². The number of hydrogen-bond acceptors (Lipinski definition) is 11. The van der Waals surface area contributed by atoms with E-state index in [9.17, 15) is 29.7 Å². The highest BCUT2D eigenvalue weighted by Crippen LogP contribution is 2.35. The fraction of sp³-hybridized carbons (Fsp3) is 0.318. The molecule has 2 aromatic carbocycles. The van der Waals surface area contributed by atoms with Crippen molar-refractivity contribution in [3.8, 4) is 11.5 Å². The average Bonchev–Trinajstić information content (AvgIpc) is 2.80. The highest BCUT2D eigenvalue weighted by atomic mass is 16.4. The number of phenolic OH excluding ortho intramolecular Hbond substituents is 2. The van der Waals surface area contributed by atoms with Crippen LogP contribution >= 0.6 is 0 Å². The number of hydrogen-bond donors (Lipinski definition) is 9. The van der Waals surface area contributed by atoms with Crippen LogP contribution in [-0.4, -0.2) is 103 Å². The average molecular weight is 479 g/mol. The van der Waals surface area contributed by atoms with E-state index in [1.807, 2.05) is 0 Å². The van der Waals surface area contributed by atoms with E-state index in [1.165, 1.54) is 12.1 Å². The van der Waals surface area contributed by atoms with Crippen LogP contribution in [0.2, 0.25) is 0 Å². The number of aromatic hydroxyl groups is 2. The monoisotopic (exact) mass is 479 g/mol. The van der Waals surface area contributed by atoms with Crippen molar-refractivity contribution in [3.05, 3.63) is 58.1 Å². The fourth-order valence-electron chi connectivity index (χ4n) is 3.27. The highest BCUT2D eigenvalue weighted by Gasteiger charge is 2.33. The number of aliphatic hydroxyl groups excluding tert-OH is 5. The van der Waals surface area contributed by atoms with Gasteiger partial charge in [0.25, 0.3) is 0 Å². The summed E-state index contributed by atoms with van der Waals surface area (Å²) < 4.78 is 0. The SMILES string of the molecule is CNC[C@H](O)[C@@H](O)[C@H](O)[C@H](O)CO.O=C(O)c1ccc2c(c1)C(=O)c1cc(O)cc(O)c1C2=O. The summed E-state index contributed by atoms with van der Waals surface area (Å²) >= 11 is 0. The van der Waals surface area contributed by atoms with Crippen molar-refractivity contribution >= 4 is 17.5 Å². The lowest BCUT2D eigenvalue weighted by Gasteiger charge is -2.25. The van der Waals surface area contributed by atoms with Crippen LogP contribution in [0.1, 0.15) is 42.2 Å². The Kier molecular flexibility index (Phi) is 8.81. The van der Waals surface area contributed by atoms with Crippen LogP contribution in [0.4, 0.5) is 0 Å². The van der Waals surface area contributed by atoms with Crippen molar-refractivity contribution in [2.75, 3.05) is 20.2 Å². The molecule has 0 fully saturated rings. The Hall–Kier alpha value is -3.39. The van der Waals surface area contributed by atoms with Gasteiger partial charge >= 0.3 is 5.97 Å². The van der Waals surface area contributed by atoms with Gasteiger partial charge in [-0.15, -0.1) is 0 Å². The van der Waals surface area contributed by atoms with E-state index >= 15 is 0 Å². The zero-order chi connectivity index (χ0) is 25.7. The number of carbonyl (C=O) groups excluding carboxylic acids is 2. The van der Waals surface area contributed by atoms with E-state index in [4.69, 9.17) is 25.5 Å². The molecule has 0 amide bonds. The molecule has 34 heavy (non-hydrogen) atoms. The molecule has 1 aliphatic rings. The number of benzene rings is 2. The second kappa shape index (κ2) is 11.2. The largest absolute Gasteiger partial charge is 0.508 e. The minimum absolute atomic E-state index is 0.0264. The number of likely N-dealkylation sites (N-methyl/N-ethyl adjacent to an activating group) is 1. The summed E-state index contributed by atoms with van der Waals surface area (Å²) in [6.45, 7) is -0.569. The molecule has 0 bridgehead atoms. The van der Waals surface area contributed by atoms with Crippen LogP contribution < -0.4 is 5.32 Å². The van der Waals surface area contributed by atoms with Crippen molar-refractivity contribution in [2.24, 2.45) is 0 Å². The molecule has 9 N–H and O–H groups in total. The van der Waals surface area contributed by atoms with Crippen LogP contribution in [0.25, 0.3) is 0 Å². The Bertz CT molecular complexity index is 1080. The predicted octanol–water partition coefficient (Wildman–Crippen LogP) is -1.79. The minimum atomic E-state index is -1.55. The van der Waals surface area contributed by atoms with Gasteiger partial charge in [0, 0.05) is 29.3 Å². The van der Waals surface area contributed by atoms with Gasteiger partial charge in [-0.2, -0.15) is 0 Å². The Morgan fingerprint density at radius 1 is 0.882 bits per heavy atom. The first kappa shape index (κ1) is 26.9. The molecule has 0 unspecified atom stereocenters. The molecule has 184 valence electrons. The van der Waals surface area contributed by atoms with Crippen molar-refractivity contribution in [1.82, 2.24) is 5.32 Å². The standard InChI is InChI=1S/C15H8O6.C7H17NO5/c16-7-4-10-12(11(17)5-7)14(19)8-2-1-6(15(20)21)3-9(8)13(10)18;1-8-2-4(10)6(12)7(13)5(11)3-9/h1-5,16-17H,(H,20,21);4-13H,2-3H2,1H3/t;4-,5+,6+,7+/m.0/s1. The smallest absolute Gasteiger partial charge is 0.335 e. The molecular weight excluding hydrogens is 454 g/mol. The van der Waals surface area contributed by atoms with Crippen molar-refractivity contribution in [1.29, 1.82) is 0 Å². The van der Waals surface area contributed by atoms with Gasteiger partial charge < -0.3 is 46.2 Å². The molecular formula is C22H25NO11. The maximum absolute atomic E-state index is 12.4. The zero-order valence-corrected chi connectivity index (χ0v) is 17.9. The molecule has 1 aliphatic carbocycles. The van der Waals surface area contributed by atoms with Gasteiger partial charge in [0.2, 0.25) is 0 Å². The van der Waals surface area contributed by atoms with Crippen LogP contribution in [0.3, 0.4) is 0 Å². The Balaban J connectivity index is 0.000000273. The first-order chi connectivity index (χ1) is 15.9. The van der Waals surface area contributed by atoms with E-state index in [2.05, 4.69) is 5.32 Å². The van der Waals surface area contributed by atoms with Gasteiger partial charge in [-0.25, -0.2) is 4.79 Å². The van der Waals surface area contributed by atoms with Gasteiger partial charge in [-0.3, -0.25) is 9.59 Å². The summed E-state index contributed by atoms with van der Waals surface area (Å²) in [6, 6.07) is 5.62. The Morgan fingerprint density at radius 3 is 2.06 bits per heavy atom. The number of carboxylic acids is 1. The number of fused-ring (bicyclic) bond motifs is 2. The summed E-state index contributed by atoms with van der Waals surface area (Å²) in [5.41, 5.74) is -0.487. The number of ketones is 2. The van der Waals surface area contributed by atoms with Crippen LogP contribution in [0, 0.1) is 0 Å². The van der Waals surface area contributed by atoms with E-state index in [0.29, 0.717) is 0 Å². The quantitative estimate of drug-likeness (QED) is 0.183. The molecule has 4 atom stereocenters. The summed E-state index contributed by atoms with van der Waals surface area (Å²) in [5, 5.41) is 75.6. The minimum Gasteiger partial charge on any atom is -0.508 e. The molecule has 0 heterocycles. The molecule has 0 spiro atoms. The van der Waals surface area contributed by atoms with E-state index in [0.717, 1.165) is 18.2 Å². The maximum atomic E-state index is 12.4. The second-order valence-electron chi connectivity index (χ2n) is 7.47. The lowest BCUT2D eigenvalue weighted by atomic mass is 9.82. The lowest BCUT2D eigenvalue weighted by molar-refractivity contribution is -0.113. The molecule has 3 rings (SSSR count). The Morgan fingerprint density at radius 2 is 1.50 bits per heavy atom. The van der Waals surface area contributed by atoms with Crippen LogP contribution in [0.5, 0.6) is 11.5 Å². The zero-order valence-electron chi connectivity index (χ0n) is 17.9. The predicted molar refractivity (Wildman–Crippen MR) is 115 cm³/mol. The van der Waals surface area contributed by atoms with Crippen LogP contribution in [0.15, 0.2) is 30.3 Å². The van der Waals surface area contributed by atoms with Crippen LogP contribution in [-0.2, 0) is 0 Å². The van der Waals surface area contributed by atoms with Crippen molar-refractivity contribution < 1.29 is 55.2 Å². The Labute approximate surface area is 193 Å². The van der Waals surface area contributed by atoms with E-state index in [-0.39, 0.29) is 40.1 Å². The third-order valence-electron chi connectivity index (χ3n) is 5.07. The summed E-state index contributed by atoms with van der Waals surface area (Å²) in [7, 11) is 1.57. The third-order valence-corrected chi connectivity index (χ3v) is 5.07. The van der Waals surface area contributed by atoms with Gasteiger partial charge in [0.15, 0.2) is 11.6 Å². The number of rotatable bonds is 7. The number of nitrogens with one attached hydrogen (secondary N) is 1. The molecule has 12 heteroatoms. The normalized spacial score (nSPS) is 15.8. The fourth-order valence-corrected chi connectivity index (χ4v) is 3.27. The molecule has 0 aliphatic heterocycles. The molecule has 0 saturated carbocycles. The summed E-state index contributed by atoms with van der Waals surface area (Å²) in [6.07, 6.45) is -5.65. The lowest BCUT2D eigenvalue weighted by Crippen LogP contribution is -2.48. The molecule has 0 radical (unpaired) electrons. The molecule has 12 nitrogen and oxygen atoms in total. The first-order valence-electron chi connectivity index (χ1n) is 9.95.